The van der Waals surface area contributed by atoms with Gasteiger partial charge in [0.15, 0.2) is 0 Å². The molecule has 2 nitrogen and oxygen atoms in total. The third-order valence-corrected chi connectivity index (χ3v) is 3.97. The van der Waals surface area contributed by atoms with E-state index >= 15 is 0 Å². The molecule has 0 fully saturated rings. The summed E-state index contributed by atoms with van der Waals surface area (Å²) in [5, 5.41) is 0.770. The van der Waals surface area contributed by atoms with Gasteiger partial charge < -0.3 is 10.6 Å². The summed E-state index contributed by atoms with van der Waals surface area (Å²) in [6.07, 6.45) is 0.897. The molecular formula is C17H21ClN2. The first-order valence-electron chi connectivity index (χ1n) is 6.89. The summed E-state index contributed by atoms with van der Waals surface area (Å²) < 4.78 is 0. The van der Waals surface area contributed by atoms with Crippen LogP contribution in [0.2, 0.25) is 5.02 Å². The molecule has 106 valence electrons. The molecule has 1 atom stereocenters. The van der Waals surface area contributed by atoms with Gasteiger partial charge in [-0.1, -0.05) is 41.9 Å². The van der Waals surface area contributed by atoms with Crippen LogP contribution in [0.25, 0.3) is 0 Å². The van der Waals surface area contributed by atoms with E-state index in [1.165, 1.54) is 16.8 Å². The highest BCUT2D eigenvalue weighted by Gasteiger charge is 2.14. The molecule has 0 saturated carbocycles. The van der Waals surface area contributed by atoms with Crippen LogP contribution in [0.3, 0.4) is 0 Å². The zero-order valence-corrected chi connectivity index (χ0v) is 12.8. The lowest BCUT2D eigenvalue weighted by atomic mass is 10.0. The van der Waals surface area contributed by atoms with E-state index in [1.807, 2.05) is 12.1 Å². The third-order valence-electron chi connectivity index (χ3n) is 3.72. The number of hydrogen-bond donors (Lipinski definition) is 1. The predicted octanol–water partition coefficient (Wildman–Crippen LogP) is 4.04. The highest BCUT2D eigenvalue weighted by atomic mass is 35.5. The van der Waals surface area contributed by atoms with Crippen molar-refractivity contribution in [3.63, 3.8) is 0 Å². The summed E-state index contributed by atoms with van der Waals surface area (Å²) in [5.41, 5.74) is 9.48. The van der Waals surface area contributed by atoms with E-state index in [1.54, 1.807) is 0 Å². The van der Waals surface area contributed by atoms with Crippen LogP contribution in [-0.2, 0) is 6.42 Å². The van der Waals surface area contributed by atoms with E-state index in [2.05, 4.69) is 55.3 Å². The van der Waals surface area contributed by atoms with Crippen molar-refractivity contribution < 1.29 is 0 Å². The Morgan fingerprint density at radius 1 is 1.10 bits per heavy atom. The van der Waals surface area contributed by atoms with Crippen molar-refractivity contribution in [1.29, 1.82) is 0 Å². The van der Waals surface area contributed by atoms with Crippen LogP contribution < -0.4 is 10.6 Å². The first-order chi connectivity index (χ1) is 9.63. The Kier molecular flexibility index (Phi) is 5.05. The van der Waals surface area contributed by atoms with Crippen molar-refractivity contribution >= 4 is 17.3 Å². The van der Waals surface area contributed by atoms with Gasteiger partial charge in [0.2, 0.25) is 0 Å². The largest absolute Gasteiger partial charge is 0.368 e. The van der Waals surface area contributed by atoms with Gasteiger partial charge in [-0.2, -0.15) is 0 Å². The van der Waals surface area contributed by atoms with Gasteiger partial charge in [-0.3, -0.25) is 0 Å². The van der Waals surface area contributed by atoms with E-state index in [-0.39, 0.29) is 6.04 Å². The van der Waals surface area contributed by atoms with Crippen molar-refractivity contribution in [1.82, 2.24) is 0 Å². The normalized spacial score (nSPS) is 12.2. The van der Waals surface area contributed by atoms with Crippen molar-refractivity contribution in [3.8, 4) is 0 Å². The van der Waals surface area contributed by atoms with Crippen LogP contribution in [-0.4, -0.2) is 13.6 Å². The molecule has 0 aliphatic carbocycles. The molecular weight excluding hydrogens is 268 g/mol. The Morgan fingerprint density at radius 3 is 2.40 bits per heavy atom. The van der Waals surface area contributed by atoms with Gasteiger partial charge in [0.05, 0.1) is 6.04 Å². The van der Waals surface area contributed by atoms with Crippen LogP contribution in [0.5, 0.6) is 0 Å². The lowest BCUT2D eigenvalue weighted by Gasteiger charge is -2.29. The van der Waals surface area contributed by atoms with Gasteiger partial charge in [-0.05, 0) is 49.2 Å². The van der Waals surface area contributed by atoms with Crippen LogP contribution in [0.4, 0.5) is 5.69 Å². The molecule has 0 spiro atoms. The second-order valence-corrected chi connectivity index (χ2v) is 5.44. The predicted molar refractivity (Wildman–Crippen MR) is 87.5 cm³/mol. The summed E-state index contributed by atoms with van der Waals surface area (Å²) in [4.78, 5) is 2.29. The lowest BCUT2D eigenvalue weighted by molar-refractivity contribution is 0.734. The Labute approximate surface area is 126 Å². The molecule has 20 heavy (non-hydrogen) atoms. The van der Waals surface area contributed by atoms with E-state index < -0.39 is 0 Å². The molecule has 0 saturated heterocycles. The molecule has 3 heteroatoms. The van der Waals surface area contributed by atoms with Gasteiger partial charge in [0, 0.05) is 17.8 Å². The third kappa shape index (κ3) is 3.33. The average molecular weight is 289 g/mol. The molecule has 0 aliphatic heterocycles. The second kappa shape index (κ2) is 6.78. The zero-order valence-electron chi connectivity index (χ0n) is 12.0. The average Bonchev–Trinajstić information content (AvgIpc) is 2.47. The maximum atomic E-state index is 5.95. The minimum Gasteiger partial charge on any atom is -0.368 e. The Morgan fingerprint density at radius 2 is 1.75 bits per heavy atom. The monoisotopic (exact) mass is 288 g/mol. The smallest absolute Gasteiger partial charge is 0.0511 e. The standard InChI is InChI=1S/C17H21ClN2/c1-13(14-7-9-16(18)10-8-14)20(2)17-6-4-3-5-15(17)11-12-19/h3-10,13H,11-12,19H2,1-2H3. The molecule has 0 amide bonds. The number of benzene rings is 2. The van der Waals surface area contributed by atoms with Gasteiger partial charge in [-0.25, -0.2) is 0 Å². The highest BCUT2D eigenvalue weighted by Crippen LogP contribution is 2.28. The van der Waals surface area contributed by atoms with Crippen LogP contribution >= 0.6 is 11.6 Å². The lowest BCUT2D eigenvalue weighted by Crippen LogP contribution is -2.23. The first-order valence-corrected chi connectivity index (χ1v) is 7.27. The molecule has 0 aliphatic rings. The molecule has 2 aromatic carbocycles. The fourth-order valence-corrected chi connectivity index (χ4v) is 2.52. The Balaban J connectivity index is 2.26. The number of para-hydroxylation sites is 1. The Bertz CT molecular complexity index is 551. The van der Waals surface area contributed by atoms with E-state index in [4.69, 9.17) is 17.3 Å². The summed E-state index contributed by atoms with van der Waals surface area (Å²) in [6, 6.07) is 16.7. The number of rotatable bonds is 5. The highest BCUT2D eigenvalue weighted by molar-refractivity contribution is 6.30. The quantitative estimate of drug-likeness (QED) is 0.900. The molecule has 0 aromatic heterocycles. The number of nitrogens with two attached hydrogens (primary N) is 1. The van der Waals surface area contributed by atoms with E-state index in [0.29, 0.717) is 6.54 Å². The van der Waals surface area contributed by atoms with Crippen molar-refractivity contribution in [2.45, 2.75) is 19.4 Å². The maximum absolute atomic E-state index is 5.95. The first kappa shape index (κ1) is 14.9. The number of anilines is 1. The van der Waals surface area contributed by atoms with Crippen LogP contribution in [0, 0.1) is 0 Å². The van der Waals surface area contributed by atoms with Gasteiger partial charge in [-0.15, -0.1) is 0 Å². The van der Waals surface area contributed by atoms with E-state index in [9.17, 15) is 0 Å². The van der Waals surface area contributed by atoms with Crippen molar-refractivity contribution in [2.24, 2.45) is 5.73 Å². The number of halogens is 1. The molecule has 1 unspecified atom stereocenters. The summed E-state index contributed by atoms with van der Waals surface area (Å²) in [6.45, 7) is 2.86. The molecule has 2 rings (SSSR count). The molecule has 2 aromatic rings. The van der Waals surface area contributed by atoms with Crippen molar-refractivity contribution in [2.75, 3.05) is 18.5 Å². The minimum absolute atomic E-state index is 0.284. The minimum atomic E-state index is 0.284. The van der Waals surface area contributed by atoms with Crippen molar-refractivity contribution in [3.05, 3.63) is 64.7 Å². The summed E-state index contributed by atoms with van der Waals surface area (Å²) in [7, 11) is 2.12. The molecule has 0 bridgehead atoms. The fourth-order valence-electron chi connectivity index (χ4n) is 2.40. The second-order valence-electron chi connectivity index (χ2n) is 5.01. The topological polar surface area (TPSA) is 29.3 Å². The number of nitrogens with zero attached hydrogens (tertiary/aromatic N) is 1. The van der Waals surface area contributed by atoms with Crippen LogP contribution in [0.15, 0.2) is 48.5 Å². The zero-order chi connectivity index (χ0) is 14.5. The van der Waals surface area contributed by atoms with Gasteiger partial charge >= 0.3 is 0 Å². The van der Waals surface area contributed by atoms with Crippen LogP contribution in [0.1, 0.15) is 24.1 Å². The maximum Gasteiger partial charge on any atom is 0.0511 e. The SMILES string of the molecule is CC(c1ccc(Cl)cc1)N(C)c1ccccc1CCN. The molecule has 0 radical (unpaired) electrons. The van der Waals surface area contributed by atoms with Gasteiger partial charge in [0.1, 0.15) is 0 Å². The molecule has 0 heterocycles. The fraction of sp³-hybridized carbons (Fsp3) is 0.294. The summed E-state index contributed by atoms with van der Waals surface area (Å²) in [5.74, 6) is 0. The molecule has 2 N–H and O–H groups in total. The van der Waals surface area contributed by atoms with E-state index in [0.717, 1.165) is 11.4 Å². The summed E-state index contributed by atoms with van der Waals surface area (Å²) >= 11 is 5.95. The number of hydrogen-bond acceptors (Lipinski definition) is 2. The van der Waals surface area contributed by atoms with Gasteiger partial charge in [0.25, 0.3) is 0 Å². The Hall–Kier alpha value is -1.51.